The van der Waals surface area contributed by atoms with E-state index in [2.05, 4.69) is 15.6 Å². The SMILES string of the molecule is Cc1nc2cc(O)c(O)cc2cc1Oc1ccc(NC(=O)Nc2ccc(Cl)c(Cl)c2)cc1. The third kappa shape index (κ3) is 4.80. The van der Waals surface area contributed by atoms with Gasteiger partial charge in [-0.15, -0.1) is 0 Å². The minimum atomic E-state index is -0.435. The maximum Gasteiger partial charge on any atom is 0.323 e. The highest BCUT2D eigenvalue weighted by molar-refractivity contribution is 6.42. The zero-order valence-electron chi connectivity index (χ0n) is 16.7. The summed E-state index contributed by atoms with van der Waals surface area (Å²) in [5.41, 5.74) is 2.22. The zero-order chi connectivity index (χ0) is 22.8. The van der Waals surface area contributed by atoms with Gasteiger partial charge in [-0.1, -0.05) is 23.2 Å². The van der Waals surface area contributed by atoms with Gasteiger partial charge in [-0.25, -0.2) is 9.78 Å². The van der Waals surface area contributed by atoms with Crippen molar-refractivity contribution in [1.82, 2.24) is 4.98 Å². The van der Waals surface area contributed by atoms with Gasteiger partial charge in [0, 0.05) is 22.8 Å². The molecule has 9 heteroatoms. The van der Waals surface area contributed by atoms with Crippen molar-refractivity contribution in [2.45, 2.75) is 6.92 Å². The number of anilines is 2. The number of fused-ring (bicyclic) bond motifs is 1. The Labute approximate surface area is 193 Å². The average molecular weight is 470 g/mol. The molecule has 0 bridgehead atoms. The second-order valence-corrected chi connectivity index (χ2v) is 7.75. The van der Waals surface area contributed by atoms with E-state index in [1.165, 1.54) is 12.1 Å². The molecule has 4 rings (SSSR count). The van der Waals surface area contributed by atoms with Crippen molar-refractivity contribution in [1.29, 1.82) is 0 Å². The summed E-state index contributed by atoms with van der Waals surface area (Å²) in [7, 11) is 0. The van der Waals surface area contributed by atoms with Gasteiger partial charge in [0.05, 0.1) is 21.3 Å². The first-order chi connectivity index (χ1) is 15.3. The number of nitrogens with one attached hydrogen (secondary N) is 2. The molecule has 1 heterocycles. The van der Waals surface area contributed by atoms with Gasteiger partial charge < -0.3 is 25.6 Å². The number of ether oxygens (including phenoxy) is 1. The van der Waals surface area contributed by atoms with Crippen LogP contribution in [0.4, 0.5) is 16.2 Å². The van der Waals surface area contributed by atoms with E-state index >= 15 is 0 Å². The normalized spacial score (nSPS) is 10.7. The fraction of sp³-hybridized carbons (Fsp3) is 0.0435. The first kappa shape index (κ1) is 21.5. The highest BCUT2D eigenvalue weighted by atomic mass is 35.5. The minimum absolute atomic E-state index is 0.232. The maximum absolute atomic E-state index is 12.2. The van der Waals surface area contributed by atoms with Gasteiger partial charge in [-0.05, 0) is 61.5 Å². The second kappa shape index (κ2) is 8.82. The first-order valence-corrected chi connectivity index (χ1v) is 10.2. The molecule has 0 aliphatic heterocycles. The number of carbonyl (C=O) groups excluding carboxylic acids is 1. The Kier molecular flexibility index (Phi) is 5.94. The fourth-order valence-electron chi connectivity index (χ4n) is 2.98. The molecule has 0 spiro atoms. The number of aryl methyl sites for hydroxylation is 1. The van der Waals surface area contributed by atoms with Crippen LogP contribution in [0.1, 0.15) is 5.69 Å². The van der Waals surface area contributed by atoms with E-state index in [4.69, 9.17) is 27.9 Å². The van der Waals surface area contributed by atoms with Gasteiger partial charge in [0.15, 0.2) is 11.5 Å². The number of benzene rings is 3. The van der Waals surface area contributed by atoms with E-state index in [9.17, 15) is 15.0 Å². The van der Waals surface area contributed by atoms with E-state index in [0.717, 1.165) is 0 Å². The summed E-state index contributed by atoms with van der Waals surface area (Å²) in [6.07, 6.45) is 0. The molecule has 0 unspecified atom stereocenters. The number of hydrogen-bond acceptors (Lipinski definition) is 5. The molecule has 3 aromatic carbocycles. The molecule has 2 amide bonds. The van der Waals surface area contributed by atoms with Crippen molar-refractivity contribution < 1.29 is 19.7 Å². The van der Waals surface area contributed by atoms with Crippen molar-refractivity contribution in [3.63, 3.8) is 0 Å². The zero-order valence-corrected chi connectivity index (χ0v) is 18.2. The highest BCUT2D eigenvalue weighted by Gasteiger charge is 2.10. The van der Waals surface area contributed by atoms with Crippen LogP contribution in [0.3, 0.4) is 0 Å². The van der Waals surface area contributed by atoms with Crippen LogP contribution in [-0.4, -0.2) is 21.2 Å². The number of aromatic hydroxyl groups is 2. The molecule has 0 aliphatic carbocycles. The van der Waals surface area contributed by atoms with Gasteiger partial charge in [0.1, 0.15) is 11.5 Å². The van der Waals surface area contributed by atoms with Crippen LogP contribution in [0, 0.1) is 6.92 Å². The number of nitrogens with zero attached hydrogens (tertiary/aromatic N) is 1. The number of carbonyl (C=O) groups is 1. The van der Waals surface area contributed by atoms with Gasteiger partial charge >= 0.3 is 6.03 Å². The summed E-state index contributed by atoms with van der Waals surface area (Å²) >= 11 is 11.8. The third-order valence-corrected chi connectivity index (χ3v) is 5.31. The molecule has 0 radical (unpaired) electrons. The van der Waals surface area contributed by atoms with Gasteiger partial charge in [-0.2, -0.15) is 0 Å². The number of phenols is 2. The predicted molar refractivity (Wildman–Crippen MR) is 125 cm³/mol. The Morgan fingerprint density at radius 3 is 2.25 bits per heavy atom. The molecule has 0 fully saturated rings. The minimum Gasteiger partial charge on any atom is -0.504 e. The Bertz CT molecular complexity index is 1330. The lowest BCUT2D eigenvalue weighted by Crippen LogP contribution is -2.19. The van der Waals surface area contributed by atoms with Gasteiger partial charge in [-0.3, -0.25) is 0 Å². The van der Waals surface area contributed by atoms with Crippen molar-refractivity contribution in [2.75, 3.05) is 10.6 Å². The van der Waals surface area contributed by atoms with E-state index in [-0.39, 0.29) is 11.5 Å². The standard InChI is InChI=1S/C23H17Cl2N3O4/c1-12-22(9-13-8-20(29)21(30)11-19(13)26-12)32-16-5-2-14(3-6-16)27-23(31)28-15-4-7-17(24)18(25)10-15/h2-11,29-30H,1H3,(H2,27,28,31). The number of rotatable bonds is 4. The van der Waals surface area contributed by atoms with Crippen LogP contribution >= 0.6 is 23.2 Å². The monoisotopic (exact) mass is 469 g/mol. The summed E-state index contributed by atoms with van der Waals surface area (Å²) in [6, 6.07) is 15.7. The molecule has 0 aliphatic rings. The van der Waals surface area contributed by atoms with Crippen LogP contribution in [0.15, 0.2) is 60.7 Å². The lowest BCUT2D eigenvalue weighted by Gasteiger charge is -2.12. The molecule has 1 aromatic heterocycles. The largest absolute Gasteiger partial charge is 0.504 e. The number of hydrogen-bond donors (Lipinski definition) is 4. The van der Waals surface area contributed by atoms with E-state index in [0.29, 0.717) is 49.5 Å². The number of pyridine rings is 1. The number of amides is 2. The smallest absolute Gasteiger partial charge is 0.323 e. The summed E-state index contributed by atoms with van der Waals surface area (Å²) in [5.74, 6) is 0.571. The highest BCUT2D eigenvalue weighted by Crippen LogP contribution is 2.34. The van der Waals surface area contributed by atoms with Crippen molar-refractivity contribution in [3.8, 4) is 23.0 Å². The Morgan fingerprint density at radius 2 is 1.53 bits per heavy atom. The molecule has 4 N–H and O–H groups in total. The van der Waals surface area contributed by atoms with Crippen LogP contribution in [0.5, 0.6) is 23.0 Å². The summed E-state index contributed by atoms with van der Waals surface area (Å²) in [5, 5.41) is 26.1. The van der Waals surface area contributed by atoms with Crippen LogP contribution < -0.4 is 15.4 Å². The lowest BCUT2D eigenvalue weighted by atomic mass is 10.1. The quantitative estimate of drug-likeness (QED) is 0.249. The fourth-order valence-corrected chi connectivity index (χ4v) is 3.28. The van der Waals surface area contributed by atoms with Crippen LogP contribution in [0.2, 0.25) is 10.0 Å². The molecule has 0 saturated carbocycles. The second-order valence-electron chi connectivity index (χ2n) is 6.94. The lowest BCUT2D eigenvalue weighted by molar-refractivity contribution is 0.262. The Hall–Kier alpha value is -3.68. The number of halogens is 2. The van der Waals surface area contributed by atoms with Crippen molar-refractivity contribution in [3.05, 3.63) is 76.4 Å². The predicted octanol–water partition coefficient (Wildman–Crippen LogP) is 6.70. The van der Waals surface area contributed by atoms with Crippen molar-refractivity contribution in [2.24, 2.45) is 0 Å². The average Bonchev–Trinajstić information content (AvgIpc) is 2.74. The van der Waals surface area contributed by atoms with Crippen molar-refractivity contribution >= 4 is 51.5 Å². The van der Waals surface area contributed by atoms with Crippen LogP contribution in [0.25, 0.3) is 10.9 Å². The first-order valence-electron chi connectivity index (χ1n) is 9.43. The molecular weight excluding hydrogens is 453 g/mol. The van der Waals surface area contributed by atoms with E-state index in [1.807, 2.05) is 0 Å². The Morgan fingerprint density at radius 1 is 0.875 bits per heavy atom. The Balaban J connectivity index is 1.44. The third-order valence-electron chi connectivity index (χ3n) is 4.57. The molecular formula is C23H17Cl2N3O4. The summed E-state index contributed by atoms with van der Waals surface area (Å²) in [6.45, 7) is 1.78. The van der Waals surface area contributed by atoms with E-state index in [1.54, 1.807) is 55.5 Å². The number of aromatic nitrogens is 1. The molecule has 7 nitrogen and oxygen atoms in total. The molecule has 32 heavy (non-hydrogen) atoms. The number of phenolic OH excluding ortho intramolecular Hbond substituents is 2. The topological polar surface area (TPSA) is 104 Å². The molecule has 162 valence electrons. The van der Waals surface area contributed by atoms with Gasteiger partial charge in [0.2, 0.25) is 0 Å². The molecule has 0 saturated heterocycles. The van der Waals surface area contributed by atoms with Crippen LogP contribution in [-0.2, 0) is 0 Å². The van der Waals surface area contributed by atoms with Gasteiger partial charge in [0.25, 0.3) is 0 Å². The molecule has 4 aromatic rings. The molecule has 0 atom stereocenters. The summed E-state index contributed by atoms with van der Waals surface area (Å²) in [4.78, 5) is 16.6. The van der Waals surface area contributed by atoms with E-state index < -0.39 is 6.03 Å². The number of urea groups is 1. The summed E-state index contributed by atoms with van der Waals surface area (Å²) < 4.78 is 5.91. The maximum atomic E-state index is 12.2.